The van der Waals surface area contributed by atoms with E-state index in [1.165, 1.54) is 0 Å². The zero-order valence-corrected chi connectivity index (χ0v) is 13.7. The molecule has 0 aliphatic carbocycles. The van der Waals surface area contributed by atoms with Gasteiger partial charge in [-0.3, -0.25) is 9.59 Å². The first kappa shape index (κ1) is 17.0. The molecule has 0 spiro atoms. The number of carboxylic acid groups (broad SMARTS) is 1. The predicted octanol–water partition coefficient (Wildman–Crippen LogP) is 4.32. The van der Waals surface area contributed by atoms with Crippen molar-refractivity contribution in [3.63, 3.8) is 0 Å². The normalized spacial score (nSPS) is 11.2. The van der Waals surface area contributed by atoms with E-state index in [1.54, 1.807) is 32.0 Å². The van der Waals surface area contributed by atoms with Crippen LogP contribution in [0.25, 0.3) is 0 Å². The molecule has 0 saturated heterocycles. The Balaban J connectivity index is 2.80. The third-order valence-corrected chi connectivity index (χ3v) is 4.72. The highest BCUT2D eigenvalue weighted by atomic mass is 79.9. The molecule has 6 heteroatoms. The van der Waals surface area contributed by atoms with E-state index >= 15 is 0 Å². The molecule has 20 heavy (non-hydrogen) atoms. The van der Waals surface area contributed by atoms with Gasteiger partial charge in [0.1, 0.15) is 0 Å². The van der Waals surface area contributed by atoms with Crippen molar-refractivity contribution in [2.24, 2.45) is 5.41 Å². The number of benzene rings is 1. The van der Waals surface area contributed by atoms with Gasteiger partial charge in [-0.25, -0.2) is 0 Å². The van der Waals surface area contributed by atoms with Crippen LogP contribution >= 0.6 is 27.5 Å². The largest absolute Gasteiger partial charge is 0.481 e. The van der Waals surface area contributed by atoms with Gasteiger partial charge in [0.05, 0.1) is 10.4 Å². The number of hydrogen-bond acceptors (Lipinski definition) is 2. The zero-order valence-electron chi connectivity index (χ0n) is 11.4. The summed E-state index contributed by atoms with van der Waals surface area (Å²) in [7, 11) is 0. The Kier molecular flexibility index (Phi) is 6.02. The quantitative estimate of drug-likeness (QED) is 0.792. The van der Waals surface area contributed by atoms with Gasteiger partial charge in [0.15, 0.2) is 0 Å². The number of carbonyl (C=O) groups is 2. The molecule has 0 aromatic heterocycles. The molecule has 1 aromatic carbocycles. The van der Waals surface area contributed by atoms with Crippen LogP contribution in [0.15, 0.2) is 22.7 Å². The van der Waals surface area contributed by atoms with E-state index in [0.29, 0.717) is 28.0 Å². The highest BCUT2D eigenvalue weighted by molar-refractivity contribution is 9.10. The van der Waals surface area contributed by atoms with Gasteiger partial charge >= 0.3 is 5.97 Å². The van der Waals surface area contributed by atoms with Crippen LogP contribution in [0.5, 0.6) is 0 Å². The van der Waals surface area contributed by atoms with Crippen LogP contribution in [0.3, 0.4) is 0 Å². The molecule has 0 fully saturated rings. The van der Waals surface area contributed by atoms with Crippen molar-refractivity contribution in [3.8, 4) is 0 Å². The summed E-state index contributed by atoms with van der Waals surface area (Å²) in [6, 6.07) is 5.01. The van der Waals surface area contributed by atoms with Crippen LogP contribution in [0.1, 0.15) is 33.1 Å². The maximum atomic E-state index is 12.0. The lowest BCUT2D eigenvalue weighted by molar-refractivity contribution is -0.151. The fraction of sp³-hybridized carbons (Fsp3) is 0.429. The molecule has 1 rings (SSSR count). The van der Waals surface area contributed by atoms with Gasteiger partial charge in [0.25, 0.3) is 0 Å². The topological polar surface area (TPSA) is 66.4 Å². The smallest absolute Gasteiger partial charge is 0.310 e. The van der Waals surface area contributed by atoms with Gasteiger partial charge in [0, 0.05) is 16.6 Å². The molecule has 4 nitrogen and oxygen atoms in total. The minimum atomic E-state index is -1.01. The number of nitrogens with one attached hydrogen (secondary N) is 1. The van der Waals surface area contributed by atoms with E-state index in [9.17, 15) is 14.7 Å². The Bertz CT molecular complexity index is 515. The predicted molar refractivity (Wildman–Crippen MR) is 83.0 cm³/mol. The first-order valence-corrected chi connectivity index (χ1v) is 7.50. The van der Waals surface area contributed by atoms with Gasteiger partial charge in [-0.15, -0.1) is 0 Å². The van der Waals surface area contributed by atoms with Crippen molar-refractivity contribution in [2.75, 3.05) is 5.32 Å². The van der Waals surface area contributed by atoms with Crippen LogP contribution in [0.2, 0.25) is 5.02 Å². The summed E-state index contributed by atoms with van der Waals surface area (Å²) in [5, 5.41) is 12.6. The molecule has 0 bridgehead atoms. The van der Waals surface area contributed by atoms with Crippen molar-refractivity contribution in [3.05, 3.63) is 27.7 Å². The molecule has 0 saturated carbocycles. The van der Waals surface area contributed by atoms with Gasteiger partial charge in [-0.1, -0.05) is 25.4 Å². The van der Waals surface area contributed by atoms with Crippen LogP contribution in [-0.4, -0.2) is 17.0 Å². The molecule has 2 N–H and O–H groups in total. The number of hydrogen-bond donors (Lipinski definition) is 2. The van der Waals surface area contributed by atoms with Crippen LogP contribution in [0.4, 0.5) is 5.69 Å². The average molecular weight is 363 g/mol. The molecule has 1 aromatic rings. The summed E-state index contributed by atoms with van der Waals surface area (Å²) in [4.78, 5) is 23.4. The van der Waals surface area contributed by atoms with E-state index < -0.39 is 11.4 Å². The van der Waals surface area contributed by atoms with E-state index in [-0.39, 0.29) is 12.3 Å². The van der Waals surface area contributed by atoms with Gasteiger partial charge < -0.3 is 10.4 Å². The lowest BCUT2D eigenvalue weighted by atomic mass is 9.79. The number of aliphatic carboxylic acids is 1. The Morgan fingerprint density at radius 1 is 1.35 bits per heavy atom. The summed E-state index contributed by atoms with van der Waals surface area (Å²) >= 11 is 9.14. The first-order chi connectivity index (χ1) is 9.34. The Morgan fingerprint density at radius 2 is 1.95 bits per heavy atom. The van der Waals surface area contributed by atoms with Crippen molar-refractivity contribution in [1.82, 2.24) is 0 Å². The van der Waals surface area contributed by atoms with Gasteiger partial charge in [-0.2, -0.15) is 0 Å². The van der Waals surface area contributed by atoms with Crippen LogP contribution in [-0.2, 0) is 9.59 Å². The highest BCUT2D eigenvalue weighted by Crippen LogP contribution is 2.32. The molecular weight excluding hydrogens is 346 g/mol. The van der Waals surface area contributed by atoms with Crippen molar-refractivity contribution < 1.29 is 14.7 Å². The maximum absolute atomic E-state index is 12.0. The molecule has 0 radical (unpaired) electrons. The molecule has 0 heterocycles. The highest BCUT2D eigenvalue weighted by Gasteiger charge is 2.37. The second-order valence-electron chi connectivity index (χ2n) is 4.65. The summed E-state index contributed by atoms with van der Waals surface area (Å²) in [5.74, 6) is -1.25. The fourth-order valence-corrected chi connectivity index (χ4v) is 2.46. The van der Waals surface area contributed by atoms with E-state index in [2.05, 4.69) is 21.2 Å². The third-order valence-electron chi connectivity index (χ3n) is 3.51. The fourth-order valence-electron chi connectivity index (χ4n) is 1.96. The minimum Gasteiger partial charge on any atom is -0.481 e. The molecule has 0 atom stereocenters. The summed E-state index contributed by atoms with van der Waals surface area (Å²) in [6.45, 7) is 3.56. The lowest BCUT2D eigenvalue weighted by Crippen LogP contribution is -2.34. The lowest BCUT2D eigenvalue weighted by Gasteiger charge is -2.25. The number of carboxylic acids is 1. The number of anilines is 1. The number of amides is 1. The van der Waals surface area contributed by atoms with Crippen LogP contribution in [0, 0.1) is 5.41 Å². The Labute approximate surface area is 131 Å². The SMILES string of the molecule is CCC(CC)(CC(=O)Nc1ccc(Cl)c(Br)c1)C(=O)O. The third kappa shape index (κ3) is 3.96. The van der Waals surface area contributed by atoms with Gasteiger partial charge in [-0.05, 0) is 47.0 Å². The number of rotatable bonds is 6. The molecule has 0 aliphatic heterocycles. The van der Waals surface area contributed by atoms with E-state index in [0.717, 1.165) is 0 Å². The second-order valence-corrected chi connectivity index (χ2v) is 5.91. The standard InChI is InChI=1S/C14H17BrClNO3/c1-3-14(4-2,13(19)20)8-12(18)17-9-5-6-11(16)10(15)7-9/h5-7H,3-4,8H2,1-2H3,(H,17,18)(H,19,20). The summed E-state index contributed by atoms with van der Waals surface area (Å²) in [5.41, 5.74) is -0.425. The monoisotopic (exact) mass is 361 g/mol. The van der Waals surface area contributed by atoms with Crippen molar-refractivity contribution in [2.45, 2.75) is 33.1 Å². The zero-order chi connectivity index (χ0) is 15.3. The minimum absolute atomic E-state index is 0.0461. The number of halogens is 2. The summed E-state index contributed by atoms with van der Waals surface area (Å²) in [6.07, 6.45) is 0.780. The molecular formula is C14H17BrClNO3. The summed E-state index contributed by atoms with van der Waals surface area (Å²) < 4.78 is 0.674. The molecule has 110 valence electrons. The molecule has 1 amide bonds. The second kappa shape index (κ2) is 7.09. The Morgan fingerprint density at radius 3 is 2.40 bits per heavy atom. The maximum Gasteiger partial charge on any atom is 0.310 e. The average Bonchev–Trinajstić information content (AvgIpc) is 2.40. The Hall–Kier alpha value is -1.07. The van der Waals surface area contributed by atoms with Crippen LogP contribution < -0.4 is 5.32 Å². The first-order valence-electron chi connectivity index (χ1n) is 6.33. The van der Waals surface area contributed by atoms with Gasteiger partial charge in [0.2, 0.25) is 5.91 Å². The van der Waals surface area contributed by atoms with Crippen molar-refractivity contribution >= 4 is 45.1 Å². The van der Waals surface area contributed by atoms with E-state index in [1.807, 2.05) is 0 Å². The molecule has 0 aliphatic rings. The number of carbonyl (C=O) groups excluding carboxylic acids is 1. The van der Waals surface area contributed by atoms with Crippen molar-refractivity contribution in [1.29, 1.82) is 0 Å². The molecule has 0 unspecified atom stereocenters. The van der Waals surface area contributed by atoms with E-state index in [4.69, 9.17) is 11.6 Å².